The summed E-state index contributed by atoms with van der Waals surface area (Å²) < 4.78 is 0. The van der Waals surface area contributed by atoms with E-state index < -0.39 is 5.97 Å². The van der Waals surface area contributed by atoms with E-state index in [2.05, 4.69) is 10.6 Å². The van der Waals surface area contributed by atoms with Crippen LogP contribution in [0.15, 0.2) is 23.1 Å². The molecule has 106 valence electrons. The molecule has 3 N–H and O–H groups in total. The number of carboxylic acids is 1. The summed E-state index contributed by atoms with van der Waals surface area (Å²) >= 11 is 2.48. The average Bonchev–Trinajstić information content (AvgIpc) is 2.37. The molecule has 1 aliphatic rings. The first kappa shape index (κ1) is 14.7. The minimum Gasteiger partial charge on any atom is -0.481 e. The van der Waals surface area contributed by atoms with Crippen molar-refractivity contribution in [2.75, 3.05) is 27.9 Å². The molecule has 0 atom stereocenters. The smallest absolute Gasteiger partial charge is 0.313 e. The van der Waals surface area contributed by atoms with Gasteiger partial charge in [-0.15, -0.1) is 23.5 Å². The second-order valence-corrected chi connectivity index (χ2v) is 5.99. The monoisotopic (exact) mass is 312 g/mol. The van der Waals surface area contributed by atoms with E-state index in [9.17, 15) is 14.4 Å². The van der Waals surface area contributed by atoms with Crippen LogP contribution >= 0.6 is 23.5 Å². The number of amides is 2. The van der Waals surface area contributed by atoms with Gasteiger partial charge in [0, 0.05) is 10.6 Å². The topological polar surface area (TPSA) is 95.5 Å². The number of benzene rings is 1. The van der Waals surface area contributed by atoms with Crippen LogP contribution in [0.2, 0.25) is 0 Å². The normalized spacial score (nSPS) is 13.3. The Balaban J connectivity index is 1.93. The molecule has 0 radical (unpaired) electrons. The number of rotatable bonds is 5. The lowest BCUT2D eigenvalue weighted by molar-refractivity contribution is -0.133. The van der Waals surface area contributed by atoms with Gasteiger partial charge in [0.15, 0.2) is 0 Å². The largest absolute Gasteiger partial charge is 0.481 e. The lowest BCUT2D eigenvalue weighted by Crippen LogP contribution is -2.19. The molecule has 0 bridgehead atoms. The Morgan fingerprint density at radius 3 is 2.95 bits per heavy atom. The summed E-state index contributed by atoms with van der Waals surface area (Å²) in [5.41, 5.74) is 1.26. The SMILES string of the molecule is O=C(O)CSCC(=O)Nc1ccc2c(c1)NC(=O)CS2. The summed E-state index contributed by atoms with van der Waals surface area (Å²) in [6, 6.07) is 5.28. The van der Waals surface area contributed by atoms with Crippen molar-refractivity contribution in [2.24, 2.45) is 0 Å². The van der Waals surface area contributed by atoms with Crippen molar-refractivity contribution < 1.29 is 19.5 Å². The fourth-order valence-electron chi connectivity index (χ4n) is 1.59. The molecule has 8 heteroatoms. The molecular formula is C12H12N2O4S2. The van der Waals surface area contributed by atoms with Gasteiger partial charge in [0.2, 0.25) is 11.8 Å². The minimum atomic E-state index is -0.948. The molecule has 1 aliphatic heterocycles. The number of hydrogen-bond donors (Lipinski definition) is 3. The van der Waals surface area contributed by atoms with Crippen LogP contribution in [-0.2, 0) is 14.4 Å². The zero-order valence-electron chi connectivity index (χ0n) is 10.3. The Morgan fingerprint density at radius 1 is 1.40 bits per heavy atom. The molecule has 1 heterocycles. The van der Waals surface area contributed by atoms with Gasteiger partial charge in [-0.25, -0.2) is 0 Å². The molecule has 0 fully saturated rings. The van der Waals surface area contributed by atoms with Crippen LogP contribution in [0.4, 0.5) is 11.4 Å². The molecule has 0 saturated carbocycles. The number of carbonyl (C=O) groups is 3. The van der Waals surface area contributed by atoms with E-state index in [4.69, 9.17) is 5.11 Å². The van der Waals surface area contributed by atoms with Gasteiger partial charge in [-0.2, -0.15) is 0 Å². The van der Waals surface area contributed by atoms with Crippen LogP contribution in [-0.4, -0.2) is 40.1 Å². The predicted octanol–water partition coefficient (Wildman–Crippen LogP) is 1.49. The number of anilines is 2. The van der Waals surface area contributed by atoms with Gasteiger partial charge >= 0.3 is 5.97 Å². The van der Waals surface area contributed by atoms with Gasteiger partial charge in [0.25, 0.3) is 0 Å². The fourth-order valence-corrected chi connectivity index (χ4v) is 2.91. The zero-order valence-corrected chi connectivity index (χ0v) is 12.0. The quantitative estimate of drug-likeness (QED) is 0.762. The molecule has 0 saturated heterocycles. The Kier molecular flexibility index (Phi) is 4.91. The van der Waals surface area contributed by atoms with Gasteiger partial charge in [-0.3, -0.25) is 14.4 Å². The number of hydrogen-bond acceptors (Lipinski definition) is 5. The van der Waals surface area contributed by atoms with Gasteiger partial charge < -0.3 is 15.7 Å². The number of thioether (sulfide) groups is 2. The van der Waals surface area contributed by atoms with Gasteiger partial charge in [-0.05, 0) is 18.2 Å². The van der Waals surface area contributed by atoms with Gasteiger partial charge in [0.05, 0.1) is 22.9 Å². The van der Waals surface area contributed by atoms with Crippen molar-refractivity contribution in [3.05, 3.63) is 18.2 Å². The van der Waals surface area contributed by atoms with Crippen molar-refractivity contribution in [1.29, 1.82) is 0 Å². The molecule has 20 heavy (non-hydrogen) atoms. The Bertz CT molecular complexity index is 562. The highest BCUT2D eigenvalue weighted by Gasteiger charge is 2.15. The van der Waals surface area contributed by atoms with Crippen LogP contribution in [0.25, 0.3) is 0 Å². The van der Waals surface area contributed by atoms with E-state index in [0.717, 1.165) is 16.7 Å². The van der Waals surface area contributed by atoms with Crippen LogP contribution < -0.4 is 10.6 Å². The lowest BCUT2D eigenvalue weighted by atomic mass is 10.2. The predicted molar refractivity (Wildman–Crippen MR) is 79.4 cm³/mol. The number of aliphatic carboxylic acids is 1. The first-order valence-electron chi connectivity index (χ1n) is 5.70. The highest BCUT2D eigenvalue weighted by Crippen LogP contribution is 2.33. The highest BCUT2D eigenvalue weighted by molar-refractivity contribution is 8.00. The molecule has 6 nitrogen and oxygen atoms in total. The molecule has 1 aromatic rings. The molecule has 0 unspecified atom stereocenters. The number of nitrogens with one attached hydrogen (secondary N) is 2. The Morgan fingerprint density at radius 2 is 2.20 bits per heavy atom. The van der Waals surface area contributed by atoms with Crippen LogP contribution in [0.3, 0.4) is 0 Å². The lowest BCUT2D eigenvalue weighted by Gasteiger charge is -2.17. The second kappa shape index (κ2) is 6.67. The van der Waals surface area contributed by atoms with Crippen LogP contribution in [0.1, 0.15) is 0 Å². The number of fused-ring (bicyclic) bond motifs is 1. The maximum atomic E-state index is 11.6. The van der Waals surface area contributed by atoms with Gasteiger partial charge in [-0.1, -0.05) is 0 Å². The molecule has 0 aliphatic carbocycles. The molecular weight excluding hydrogens is 300 g/mol. The summed E-state index contributed by atoms with van der Waals surface area (Å²) in [7, 11) is 0. The van der Waals surface area contributed by atoms with E-state index in [1.54, 1.807) is 12.1 Å². The first-order chi connectivity index (χ1) is 9.54. The van der Waals surface area contributed by atoms with Crippen molar-refractivity contribution in [1.82, 2.24) is 0 Å². The summed E-state index contributed by atoms with van der Waals surface area (Å²) in [6.45, 7) is 0. The van der Waals surface area contributed by atoms with E-state index in [-0.39, 0.29) is 23.3 Å². The first-order valence-corrected chi connectivity index (χ1v) is 7.85. The van der Waals surface area contributed by atoms with Gasteiger partial charge in [0.1, 0.15) is 0 Å². The number of carbonyl (C=O) groups excluding carboxylic acids is 2. The van der Waals surface area contributed by atoms with Crippen molar-refractivity contribution in [3.8, 4) is 0 Å². The van der Waals surface area contributed by atoms with E-state index >= 15 is 0 Å². The van der Waals surface area contributed by atoms with Crippen molar-refractivity contribution in [3.63, 3.8) is 0 Å². The number of carboxylic acid groups (broad SMARTS) is 1. The minimum absolute atomic E-state index is 0.0667. The third-order valence-corrected chi connectivity index (χ3v) is 4.35. The Labute approximate surface area is 123 Å². The summed E-state index contributed by atoms with van der Waals surface area (Å²) in [4.78, 5) is 34.2. The molecule has 1 aromatic carbocycles. The molecule has 0 spiro atoms. The standard InChI is InChI=1S/C12H12N2O4S2/c15-10(4-19-6-12(17)18)13-7-1-2-9-8(3-7)14-11(16)5-20-9/h1-3H,4-6H2,(H,13,15)(H,14,16)(H,17,18). The summed E-state index contributed by atoms with van der Waals surface area (Å²) in [5, 5.41) is 13.9. The van der Waals surface area contributed by atoms with E-state index in [1.165, 1.54) is 11.8 Å². The van der Waals surface area contributed by atoms with Crippen molar-refractivity contribution >= 4 is 52.7 Å². The summed E-state index contributed by atoms with van der Waals surface area (Å²) in [6.07, 6.45) is 0. The second-order valence-electron chi connectivity index (χ2n) is 3.98. The van der Waals surface area contributed by atoms with Crippen molar-refractivity contribution in [2.45, 2.75) is 4.90 Å². The Hall–Kier alpha value is -1.67. The highest BCUT2D eigenvalue weighted by atomic mass is 32.2. The third kappa shape index (κ3) is 4.17. The third-order valence-electron chi connectivity index (χ3n) is 2.35. The molecule has 0 aromatic heterocycles. The van der Waals surface area contributed by atoms with Crippen LogP contribution in [0.5, 0.6) is 0 Å². The molecule has 2 amide bonds. The maximum absolute atomic E-state index is 11.6. The van der Waals surface area contributed by atoms with Crippen LogP contribution in [0, 0.1) is 0 Å². The van der Waals surface area contributed by atoms with E-state index in [1.807, 2.05) is 6.07 Å². The molecule has 2 rings (SSSR count). The zero-order chi connectivity index (χ0) is 14.5. The fraction of sp³-hybridized carbons (Fsp3) is 0.250. The maximum Gasteiger partial charge on any atom is 0.313 e. The van der Waals surface area contributed by atoms with E-state index in [0.29, 0.717) is 17.1 Å². The summed E-state index contributed by atoms with van der Waals surface area (Å²) in [5.74, 6) is -0.926. The average molecular weight is 312 g/mol.